The third-order valence-corrected chi connectivity index (χ3v) is 5.28. The maximum absolute atomic E-state index is 9.59. The summed E-state index contributed by atoms with van der Waals surface area (Å²) in [7, 11) is 3.21. The van der Waals surface area contributed by atoms with E-state index in [1.807, 2.05) is 48.5 Å². The summed E-state index contributed by atoms with van der Waals surface area (Å²) in [6, 6.07) is 27.7. The van der Waals surface area contributed by atoms with Crippen molar-refractivity contribution >= 4 is 24.2 Å². The Kier molecular flexibility index (Phi) is 17.4. The minimum Gasteiger partial charge on any atom is -0.870 e. The van der Waals surface area contributed by atoms with Crippen LogP contribution in [0.15, 0.2) is 117 Å². The van der Waals surface area contributed by atoms with Gasteiger partial charge < -0.3 is 40.9 Å². The van der Waals surface area contributed by atoms with E-state index in [1.54, 1.807) is 50.6 Å². The molecule has 0 unspecified atom stereocenters. The molecule has 0 aliphatic heterocycles. The molecule has 0 atom stereocenters. The molecule has 0 amide bonds. The van der Waals surface area contributed by atoms with E-state index in [0.29, 0.717) is 11.1 Å². The molecule has 0 fully saturated rings. The first-order chi connectivity index (χ1) is 19.4. The molecule has 13 heteroatoms. The molecule has 1 radical (unpaired) electrons. The van der Waals surface area contributed by atoms with Gasteiger partial charge in [-0.1, -0.05) is 34.5 Å². The van der Waals surface area contributed by atoms with Gasteiger partial charge in [-0.25, -0.2) is 0 Å². The van der Waals surface area contributed by atoms with Gasteiger partial charge in [0, 0.05) is 0 Å². The molecule has 0 spiro atoms. The maximum Gasteiger partial charge on any atom is 2.00 e. The molecular formula is C30H32CuN4O8+2. The summed E-state index contributed by atoms with van der Waals surface area (Å²) in [5.74, 6) is 1.38. The number of phenolic OH excluding ortho intramolecular Hbond substituents is 2. The topological polar surface area (TPSA) is 214 Å². The molecule has 4 aromatic carbocycles. The molecule has 0 aliphatic rings. The molecule has 43 heavy (non-hydrogen) atoms. The second kappa shape index (κ2) is 19.8. The van der Waals surface area contributed by atoms with Crippen molar-refractivity contribution in [2.45, 2.75) is 0 Å². The normalized spacial score (nSPS) is 10.9. The number of aromatic hydroxyl groups is 2. The Morgan fingerprint density at radius 3 is 1.21 bits per heavy atom. The second-order valence-corrected chi connectivity index (χ2v) is 7.97. The molecule has 0 heterocycles. The van der Waals surface area contributed by atoms with Crippen molar-refractivity contribution in [2.24, 2.45) is 20.4 Å². The van der Waals surface area contributed by atoms with E-state index in [9.17, 15) is 10.2 Å². The van der Waals surface area contributed by atoms with Crippen molar-refractivity contribution in [1.29, 1.82) is 0 Å². The minimum absolute atomic E-state index is 0. The molecule has 12 nitrogen and oxygen atoms in total. The van der Waals surface area contributed by atoms with Gasteiger partial charge in [-0.05, 0) is 83.9 Å². The van der Waals surface area contributed by atoms with Crippen LogP contribution in [0.4, 0.5) is 0 Å². The first-order valence-corrected chi connectivity index (χ1v) is 11.9. The van der Waals surface area contributed by atoms with Gasteiger partial charge >= 0.3 is 28.9 Å². The van der Waals surface area contributed by atoms with E-state index in [1.165, 1.54) is 24.6 Å². The molecule has 0 aliphatic carbocycles. The van der Waals surface area contributed by atoms with Gasteiger partial charge in [0.05, 0.1) is 26.6 Å². The smallest absolute Gasteiger partial charge is 0.870 e. The summed E-state index contributed by atoms with van der Waals surface area (Å²) < 4.78 is 10.1. The minimum atomic E-state index is -0.0899. The number of hydrogen-bond acceptors (Lipinski definition) is 10. The van der Waals surface area contributed by atoms with Crippen LogP contribution in [-0.2, 0) is 17.1 Å². The largest absolute Gasteiger partial charge is 2.00 e. The Bertz CT molecular complexity index is 1390. The number of ether oxygens (including phenoxy) is 2. The molecule has 0 saturated carbocycles. The Balaban J connectivity index is 0.000000767. The molecule has 0 bridgehead atoms. The Morgan fingerprint density at radius 1 is 0.581 bits per heavy atom. The van der Waals surface area contributed by atoms with E-state index in [4.69, 9.17) is 19.7 Å². The van der Waals surface area contributed by atoms with Crippen LogP contribution in [0.25, 0.3) is 0 Å². The van der Waals surface area contributed by atoms with E-state index < -0.39 is 0 Å². The van der Waals surface area contributed by atoms with Crippen molar-refractivity contribution < 1.29 is 57.9 Å². The molecular weight excluding hydrogens is 608 g/mol. The number of nitrogens with zero attached hydrogens (tertiary/aromatic N) is 4. The predicted molar refractivity (Wildman–Crippen MR) is 162 cm³/mol. The standard InChI is InChI=1S/2C15H14N2O3.Cu.2H2O/c2*1-20-12-8-6-11(7-9-12)10-16-17-15(19)13-4-2-3-5-14(13)18;;;/h2*2-10,18H,1H3,(H,17,19);;2*1H2/q;;+2;;. The van der Waals surface area contributed by atoms with Crippen molar-refractivity contribution in [3.8, 4) is 23.0 Å². The van der Waals surface area contributed by atoms with Crippen molar-refractivity contribution in [2.75, 3.05) is 14.2 Å². The van der Waals surface area contributed by atoms with Crippen LogP contribution in [0.3, 0.4) is 0 Å². The number of methoxy groups -OCH3 is 2. The van der Waals surface area contributed by atoms with E-state index in [-0.39, 0.29) is 51.3 Å². The number of phenols is 2. The monoisotopic (exact) mass is 639 g/mol. The van der Waals surface area contributed by atoms with Crippen molar-refractivity contribution in [3.63, 3.8) is 0 Å². The van der Waals surface area contributed by atoms with Crippen LogP contribution in [0.2, 0.25) is 0 Å². The predicted octanol–water partition coefficient (Wildman–Crippen LogP) is 3.46. The van der Waals surface area contributed by atoms with Gasteiger partial charge in [0.2, 0.25) is 0 Å². The first kappa shape index (κ1) is 37.8. The fourth-order valence-corrected chi connectivity index (χ4v) is 3.14. The van der Waals surface area contributed by atoms with Crippen molar-refractivity contribution in [3.05, 3.63) is 119 Å². The first-order valence-electron chi connectivity index (χ1n) is 11.9. The summed E-state index contributed by atoms with van der Waals surface area (Å²) in [6.45, 7) is 0. The van der Waals surface area contributed by atoms with Gasteiger partial charge in [0.1, 0.15) is 34.1 Å². The quantitative estimate of drug-likeness (QED) is 0.0967. The fourth-order valence-electron chi connectivity index (χ4n) is 3.14. The molecule has 4 rings (SSSR count). The average molecular weight is 640 g/mol. The number of rotatable bonds is 8. The van der Waals surface area contributed by atoms with Crippen LogP contribution in [0.1, 0.15) is 22.3 Å². The van der Waals surface area contributed by atoms with Crippen LogP contribution >= 0.6 is 0 Å². The number of hydrogen-bond donors (Lipinski definition) is 2. The van der Waals surface area contributed by atoms with Gasteiger partial charge in [-0.2, -0.15) is 10.2 Å². The summed E-state index contributed by atoms with van der Waals surface area (Å²) in [6.07, 6.45) is 3.07. The van der Waals surface area contributed by atoms with Gasteiger partial charge in [0.15, 0.2) is 0 Å². The van der Waals surface area contributed by atoms with E-state index >= 15 is 0 Å². The molecule has 4 aromatic rings. The molecule has 0 aromatic heterocycles. The van der Waals surface area contributed by atoms with Crippen LogP contribution in [0, 0.1) is 0 Å². The zero-order valence-corrected chi connectivity index (χ0v) is 24.0. The summed E-state index contributed by atoms with van der Waals surface area (Å²) in [5.41, 5.74) is 2.39. The van der Waals surface area contributed by atoms with Crippen LogP contribution in [0.5, 0.6) is 23.0 Å². The zero-order chi connectivity index (χ0) is 28.7. The Hall–Kier alpha value is -5.20. The summed E-state index contributed by atoms with van der Waals surface area (Å²) in [5, 5.41) is 49.8. The average Bonchev–Trinajstić information content (AvgIpc) is 2.98. The molecule has 229 valence electrons. The van der Waals surface area contributed by atoms with E-state index in [0.717, 1.165) is 22.6 Å². The summed E-state index contributed by atoms with van der Waals surface area (Å²) >= 11 is 0. The van der Waals surface area contributed by atoms with Crippen LogP contribution < -0.4 is 9.47 Å². The summed E-state index contributed by atoms with van der Waals surface area (Å²) in [4.78, 5) is 0. The Morgan fingerprint density at radius 2 is 0.907 bits per heavy atom. The third-order valence-electron chi connectivity index (χ3n) is 5.28. The SMILES string of the molecule is COc1ccc(C=NN=C([OH2+])c2ccccc2O)cc1.COc1ccc(C=NN=C([OH2+])c2ccccc2O)cc1.[Cu+2].[OH-].[OH-]. The van der Waals surface area contributed by atoms with Gasteiger partial charge in [0.25, 0.3) is 0 Å². The number of benzene rings is 4. The molecule has 8 N–H and O–H groups in total. The third kappa shape index (κ3) is 12.1. The fraction of sp³-hybridized carbons (Fsp3) is 0.0667. The maximum atomic E-state index is 9.59. The second-order valence-electron chi connectivity index (χ2n) is 7.97. The van der Waals surface area contributed by atoms with E-state index in [2.05, 4.69) is 20.4 Å². The van der Waals surface area contributed by atoms with Gasteiger partial charge in [-0.15, -0.1) is 0 Å². The number of para-hydroxylation sites is 2. The molecule has 0 saturated heterocycles. The zero-order valence-electron chi connectivity index (χ0n) is 23.1. The van der Waals surface area contributed by atoms with Gasteiger partial charge in [-0.3, -0.25) is 0 Å². The Labute approximate surface area is 258 Å². The van der Waals surface area contributed by atoms with Crippen molar-refractivity contribution in [1.82, 2.24) is 0 Å². The van der Waals surface area contributed by atoms with Crippen LogP contribution in [-0.4, -0.2) is 69.8 Å².